The van der Waals surface area contributed by atoms with Crippen molar-refractivity contribution in [2.45, 2.75) is 36.4 Å². The quantitative estimate of drug-likeness (QED) is 0.249. The number of benzene rings is 1. The summed E-state index contributed by atoms with van der Waals surface area (Å²) in [5.41, 5.74) is 7.65. The van der Waals surface area contributed by atoms with Gasteiger partial charge in [0, 0.05) is 11.3 Å². The first-order valence-corrected chi connectivity index (χ1v) is 6.17. The highest BCUT2D eigenvalue weighted by Crippen LogP contribution is 2.55. The van der Waals surface area contributed by atoms with Crippen LogP contribution in [-0.2, 0) is 0 Å². The Morgan fingerprint density at radius 2 is 1.52 bits per heavy atom. The van der Waals surface area contributed by atoms with Crippen LogP contribution in [0.4, 0.5) is 43.9 Å². The summed E-state index contributed by atoms with van der Waals surface area (Å²) in [6, 6.07) is 0.728. The molecule has 0 fully saturated rings. The van der Waals surface area contributed by atoms with Gasteiger partial charge in [0.15, 0.2) is 0 Å². The van der Waals surface area contributed by atoms with Crippen LogP contribution in [0.5, 0.6) is 0 Å². The number of nitrogens with zero attached hydrogens (tertiary/aromatic N) is 3. The van der Waals surface area contributed by atoms with Crippen LogP contribution < -0.4 is 0 Å². The van der Waals surface area contributed by atoms with Crippen molar-refractivity contribution in [1.29, 1.82) is 0 Å². The molecule has 1 aromatic carbocycles. The second kappa shape index (κ2) is 6.62. The van der Waals surface area contributed by atoms with Gasteiger partial charge in [0.05, 0.1) is 6.04 Å². The van der Waals surface area contributed by atoms with Crippen molar-refractivity contribution in [3.05, 3.63) is 46.1 Å². The van der Waals surface area contributed by atoms with Crippen LogP contribution in [0.15, 0.2) is 29.4 Å². The van der Waals surface area contributed by atoms with E-state index in [4.69, 9.17) is 5.53 Å². The molecule has 3 nitrogen and oxygen atoms in total. The van der Waals surface area contributed by atoms with Crippen molar-refractivity contribution in [3.63, 3.8) is 0 Å². The van der Waals surface area contributed by atoms with Gasteiger partial charge in [-0.2, -0.15) is 39.5 Å². The molecular weight excluding hydrogens is 376 g/mol. The Kier molecular flexibility index (Phi) is 5.53. The van der Waals surface area contributed by atoms with Crippen LogP contribution in [0, 0.1) is 5.82 Å². The Balaban J connectivity index is 3.29. The normalized spacial score (nSPS) is 14.8. The molecule has 0 aromatic heterocycles. The summed E-state index contributed by atoms with van der Waals surface area (Å²) in [6.45, 7) is 0. The highest BCUT2D eigenvalue weighted by atomic mass is 19.4. The lowest BCUT2D eigenvalue weighted by Crippen LogP contribution is -2.61. The van der Waals surface area contributed by atoms with Gasteiger partial charge in [-0.25, -0.2) is 4.39 Å². The minimum Gasteiger partial charge on any atom is -0.207 e. The van der Waals surface area contributed by atoms with E-state index in [0.29, 0.717) is 6.07 Å². The lowest BCUT2D eigenvalue weighted by Gasteiger charge is -2.34. The molecule has 0 saturated heterocycles. The van der Waals surface area contributed by atoms with Gasteiger partial charge >= 0.3 is 23.9 Å². The van der Waals surface area contributed by atoms with Crippen LogP contribution in [-0.4, -0.2) is 23.9 Å². The van der Waals surface area contributed by atoms with Crippen molar-refractivity contribution in [2.24, 2.45) is 5.11 Å². The molecular formula is C12H7F10N3. The summed E-state index contributed by atoms with van der Waals surface area (Å²) in [6.07, 6.45) is -9.36. The SMILES string of the molecule is [N-]=[N+]=NC(CC(F)(F)C(F)(F)C(F)(F)C(F)(F)F)c1cccc(F)c1. The van der Waals surface area contributed by atoms with Crippen LogP contribution in [0.25, 0.3) is 10.4 Å². The second-order valence-corrected chi connectivity index (χ2v) is 4.83. The molecule has 0 bridgehead atoms. The summed E-state index contributed by atoms with van der Waals surface area (Å²) in [5, 5.41) is 2.65. The lowest BCUT2D eigenvalue weighted by atomic mass is 9.94. The van der Waals surface area contributed by atoms with E-state index in [-0.39, 0.29) is 0 Å². The van der Waals surface area contributed by atoms with Gasteiger partial charge in [0.1, 0.15) is 5.82 Å². The first-order chi connectivity index (χ1) is 11.2. The Morgan fingerprint density at radius 1 is 0.960 bits per heavy atom. The lowest BCUT2D eigenvalue weighted by molar-refractivity contribution is -0.397. The average Bonchev–Trinajstić information content (AvgIpc) is 2.45. The number of hydrogen-bond acceptors (Lipinski definition) is 1. The first kappa shape index (κ1) is 20.9. The molecule has 1 atom stereocenters. The zero-order valence-corrected chi connectivity index (χ0v) is 11.7. The van der Waals surface area contributed by atoms with Crippen molar-refractivity contribution < 1.29 is 43.9 Å². The molecule has 0 aliphatic rings. The van der Waals surface area contributed by atoms with E-state index in [2.05, 4.69) is 5.11 Å². The van der Waals surface area contributed by atoms with Crippen molar-refractivity contribution in [3.8, 4) is 0 Å². The van der Waals surface area contributed by atoms with Gasteiger partial charge in [-0.15, -0.1) is 0 Å². The van der Waals surface area contributed by atoms with E-state index in [1.807, 2.05) is 4.91 Å². The van der Waals surface area contributed by atoms with Gasteiger partial charge in [0.2, 0.25) is 0 Å². The molecule has 1 rings (SSSR count). The Morgan fingerprint density at radius 3 is 1.96 bits per heavy atom. The van der Waals surface area contributed by atoms with Crippen molar-refractivity contribution >= 4 is 0 Å². The molecule has 0 aliphatic carbocycles. The number of azide groups is 1. The van der Waals surface area contributed by atoms with Gasteiger partial charge < -0.3 is 0 Å². The van der Waals surface area contributed by atoms with Crippen LogP contribution in [0.2, 0.25) is 0 Å². The molecule has 0 spiro atoms. The molecule has 1 unspecified atom stereocenters. The first-order valence-electron chi connectivity index (χ1n) is 6.17. The predicted octanol–water partition coefficient (Wildman–Crippen LogP) is 6.04. The van der Waals surface area contributed by atoms with Crippen LogP contribution >= 0.6 is 0 Å². The molecule has 0 heterocycles. The zero-order chi connectivity index (χ0) is 19.7. The smallest absolute Gasteiger partial charge is 0.207 e. The molecule has 25 heavy (non-hydrogen) atoms. The van der Waals surface area contributed by atoms with E-state index in [9.17, 15) is 43.9 Å². The number of hydrogen-bond donors (Lipinski definition) is 0. The van der Waals surface area contributed by atoms with Gasteiger partial charge in [-0.3, -0.25) is 0 Å². The fourth-order valence-corrected chi connectivity index (χ4v) is 1.78. The fraction of sp³-hybridized carbons (Fsp3) is 0.500. The summed E-state index contributed by atoms with van der Waals surface area (Å²) in [7, 11) is 0. The van der Waals surface area contributed by atoms with Crippen LogP contribution in [0.1, 0.15) is 18.0 Å². The maximum Gasteiger partial charge on any atom is 0.460 e. The number of halogens is 10. The minimum atomic E-state index is -7.05. The predicted molar refractivity (Wildman–Crippen MR) is 63.8 cm³/mol. The third-order valence-electron chi connectivity index (χ3n) is 3.08. The van der Waals surface area contributed by atoms with E-state index in [0.717, 1.165) is 18.2 Å². The molecule has 0 aliphatic heterocycles. The molecule has 0 N–H and O–H groups in total. The maximum atomic E-state index is 13.6. The number of rotatable bonds is 6. The van der Waals surface area contributed by atoms with Gasteiger partial charge in [0.25, 0.3) is 0 Å². The van der Waals surface area contributed by atoms with Crippen LogP contribution in [0.3, 0.4) is 0 Å². The minimum absolute atomic E-state index is 0.482. The Hall–Kier alpha value is -2.17. The van der Waals surface area contributed by atoms with Crippen molar-refractivity contribution in [1.82, 2.24) is 0 Å². The van der Waals surface area contributed by atoms with Gasteiger partial charge in [-0.1, -0.05) is 17.2 Å². The second-order valence-electron chi connectivity index (χ2n) is 4.83. The summed E-state index contributed by atoms with van der Waals surface area (Å²) < 4.78 is 128. The molecule has 13 heteroatoms. The van der Waals surface area contributed by atoms with E-state index < -0.39 is 47.8 Å². The molecule has 0 radical (unpaired) electrons. The third-order valence-corrected chi connectivity index (χ3v) is 3.08. The fourth-order valence-electron chi connectivity index (χ4n) is 1.78. The molecule has 0 saturated carbocycles. The topological polar surface area (TPSA) is 48.8 Å². The standard InChI is InChI=1S/C12H7F10N3/c13-7-3-1-2-6(4-7)8(24-25-23)5-9(14,15)10(16,17)11(18,19)12(20,21)22/h1-4,8H,5H2. The molecule has 140 valence electrons. The average molecular weight is 383 g/mol. The maximum absolute atomic E-state index is 13.6. The zero-order valence-electron chi connectivity index (χ0n) is 11.7. The summed E-state index contributed by atoms with van der Waals surface area (Å²) >= 11 is 0. The summed E-state index contributed by atoms with van der Waals surface area (Å²) in [4.78, 5) is 2.03. The largest absolute Gasteiger partial charge is 0.460 e. The van der Waals surface area contributed by atoms with Crippen molar-refractivity contribution in [2.75, 3.05) is 0 Å². The Bertz CT molecular complexity index is 663. The highest BCUT2D eigenvalue weighted by Gasteiger charge is 2.81. The summed E-state index contributed by atoms with van der Waals surface area (Å²) in [5.74, 6) is -20.9. The molecule has 1 aromatic rings. The van der Waals surface area contributed by atoms with E-state index in [1.54, 1.807) is 0 Å². The monoisotopic (exact) mass is 383 g/mol. The molecule has 0 amide bonds. The van der Waals surface area contributed by atoms with Gasteiger partial charge in [-0.05, 0) is 23.2 Å². The van der Waals surface area contributed by atoms with E-state index >= 15 is 0 Å². The number of alkyl halides is 9. The van der Waals surface area contributed by atoms with E-state index in [1.165, 1.54) is 0 Å². The Labute approximate surface area is 132 Å². The highest BCUT2D eigenvalue weighted by molar-refractivity contribution is 5.21. The third kappa shape index (κ3) is 3.91.